The molecule has 0 radical (unpaired) electrons. The Morgan fingerprint density at radius 1 is 1.00 bits per heavy atom. The average Bonchev–Trinajstić information content (AvgIpc) is 2.48. The van der Waals surface area contributed by atoms with Crippen LogP contribution in [0.15, 0.2) is 54.6 Å². The monoisotopic (exact) mass is 287 g/mol. The molecule has 2 heteroatoms. The quantitative estimate of drug-likeness (QED) is 0.780. The van der Waals surface area contributed by atoms with Gasteiger partial charge in [-0.3, -0.25) is 0 Å². The Kier molecular flexibility index (Phi) is 6.10. The molecule has 0 heterocycles. The largest absolute Gasteiger partial charge is 0.319 e. The molecular formula is C18H22ClN. The van der Waals surface area contributed by atoms with Gasteiger partial charge in [-0.1, -0.05) is 54.1 Å². The maximum absolute atomic E-state index is 5.96. The van der Waals surface area contributed by atoms with Crippen molar-refractivity contribution in [3.63, 3.8) is 0 Å². The first-order valence-electron chi connectivity index (χ1n) is 7.23. The summed E-state index contributed by atoms with van der Waals surface area (Å²) in [5.41, 5.74) is 2.80. The van der Waals surface area contributed by atoms with Crippen molar-refractivity contribution < 1.29 is 0 Å². The maximum atomic E-state index is 5.96. The maximum Gasteiger partial charge on any atom is 0.0406 e. The third-order valence-electron chi connectivity index (χ3n) is 3.65. The summed E-state index contributed by atoms with van der Waals surface area (Å²) in [5, 5.41) is 4.10. The van der Waals surface area contributed by atoms with E-state index < -0.39 is 0 Å². The molecule has 0 aromatic heterocycles. The molecule has 1 nitrogen and oxygen atoms in total. The van der Waals surface area contributed by atoms with E-state index in [2.05, 4.69) is 47.8 Å². The van der Waals surface area contributed by atoms with Crippen LogP contribution in [-0.4, -0.2) is 13.6 Å². The molecule has 1 N–H and O–H groups in total. The summed E-state index contributed by atoms with van der Waals surface area (Å²) in [7, 11) is 2.01. The predicted molar refractivity (Wildman–Crippen MR) is 87.5 cm³/mol. The topological polar surface area (TPSA) is 12.0 Å². The van der Waals surface area contributed by atoms with Crippen LogP contribution in [0.4, 0.5) is 0 Å². The van der Waals surface area contributed by atoms with E-state index >= 15 is 0 Å². The summed E-state index contributed by atoms with van der Waals surface area (Å²) >= 11 is 5.96. The number of halogens is 1. The molecule has 0 aliphatic heterocycles. The Morgan fingerprint density at radius 2 is 1.70 bits per heavy atom. The molecule has 1 atom stereocenters. The van der Waals surface area contributed by atoms with Crippen molar-refractivity contribution in [2.75, 3.05) is 13.6 Å². The van der Waals surface area contributed by atoms with E-state index in [0.29, 0.717) is 5.92 Å². The Morgan fingerprint density at radius 3 is 2.35 bits per heavy atom. The molecule has 106 valence electrons. The normalized spacial score (nSPS) is 12.3. The summed E-state index contributed by atoms with van der Waals surface area (Å²) in [6.45, 7) is 1.01. The van der Waals surface area contributed by atoms with Crippen LogP contribution in [0.25, 0.3) is 0 Å². The van der Waals surface area contributed by atoms with Gasteiger partial charge in [-0.05, 0) is 55.5 Å². The van der Waals surface area contributed by atoms with Crippen LogP contribution in [-0.2, 0) is 6.42 Å². The van der Waals surface area contributed by atoms with Crippen molar-refractivity contribution in [2.45, 2.75) is 25.2 Å². The fraction of sp³-hybridized carbons (Fsp3) is 0.333. The SMILES string of the molecule is CNCC(CCCc1ccccc1)c1ccc(Cl)cc1. The van der Waals surface area contributed by atoms with E-state index in [9.17, 15) is 0 Å². The van der Waals surface area contributed by atoms with Gasteiger partial charge in [0.25, 0.3) is 0 Å². The lowest BCUT2D eigenvalue weighted by molar-refractivity contribution is 0.560. The van der Waals surface area contributed by atoms with E-state index in [0.717, 1.165) is 18.0 Å². The molecule has 0 saturated heterocycles. The fourth-order valence-corrected chi connectivity index (χ4v) is 2.69. The van der Waals surface area contributed by atoms with Gasteiger partial charge in [0.05, 0.1) is 0 Å². The Bertz CT molecular complexity index is 493. The third-order valence-corrected chi connectivity index (χ3v) is 3.90. The van der Waals surface area contributed by atoms with Crippen molar-refractivity contribution in [3.8, 4) is 0 Å². The van der Waals surface area contributed by atoms with Crippen molar-refractivity contribution in [1.29, 1.82) is 0 Å². The van der Waals surface area contributed by atoms with Crippen LogP contribution in [0.3, 0.4) is 0 Å². The molecule has 0 spiro atoms. The van der Waals surface area contributed by atoms with E-state index in [1.54, 1.807) is 0 Å². The highest BCUT2D eigenvalue weighted by Crippen LogP contribution is 2.23. The average molecular weight is 288 g/mol. The number of benzene rings is 2. The summed E-state index contributed by atoms with van der Waals surface area (Å²) in [5.74, 6) is 0.556. The summed E-state index contributed by atoms with van der Waals surface area (Å²) < 4.78 is 0. The minimum Gasteiger partial charge on any atom is -0.319 e. The molecule has 1 unspecified atom stereocenters. The lowest BCUT2D eigenvalue weighted by Gasteiger charge is -2.17. The van der Waals surface area contributed by atoms with Gasteiger partial charge >= 0.3 is 0 Å². The zero-order chi connectivity index (χ0) is 14.2. The number of nitrogens with one attached hydrogen (secondary N) is 1. The minimum absolute atomic E-state index is 0.556. The van der Waals surface area contributed by atoms with Crippen LogP contribution in [0.1, 0.15) is 29.9 Å². The summed E-state index contributed by atoms with van der Waals surface area (Å²) in [6.07, 6.45) is 3.55. The molecule has 2 rings (SSSR count). The van der Waals surface area contributed by atoms with E-state index in [4.69, 9.17) is 11.6 Å². The number of likely N-dealkylation sites (N-methyl/N-ethyl adjacent to an activating group) is 1. The van der Waals surface area contributed by atoms with Gasteiger partial charge in [0.1, 0.15) is 0 Å². The molecule has 2 aromatic rings. The first-order chi connectivity index (χ1) is 9.79. The molecule has 20 heavy (non-hydrogen) atoms. The first kappa shape index (κ1) is 15.1. The predicted octanol–water partition coefficient (Wildman–Crippen LogP) is 4.67. The molecule has 0 aliphatic carbocycles. The van der Waals surface area contributed by atoms with Crippen molar-refractivity contribution >= 4 is 11.6 Å². The molecule has 0 bridgehead atoms. The van der Waals surface area contributed by atoms with Crippen LogP contribution >= 0.6 is 11.6 Å². The Hall–Kier alpha value is -1.31. The molecule has 2 aromatic carbocycles. The number of hydrogen-bond donors (Lipinski definition) is 1. The van der Waals surface area contributed by atoms with Gasteiger partial charge in [-0.15, -0.1) is 0 Å². The standard InChI is InChI=1S/C18H22ClN/c1-20-14-17(16-10-12-18(19)13-11-16)9-5-8-15-6-3-2-4-7-15/h2-4,6-7,10-13,17,20H,5,8-9,14H2,1H3. The highest BCUT2D eigenvalue weighted by atomic mass is 35.5. The van der Waals surface area contributed by atoms with E-state index in [1.165, 1.54) is 24.0 Å². The second kappa shape index (κ2) is 8.08. The van der Waals surface area contributed by atoms with Gasteiger partial charge in [0.2, 0.25) is 0 Å². The lowest BCUT2D eigenvalue weighted by atomic mass is 9.92. The van der Waals surface area contributed by atoms with Gasteiger partial charge in [-0.2, -0.15) is 0 Å². The zero-order valence-corrected chi connectivity index (χ0v) is 12.7. The summed E-state index contributed by atoms with van der Waals surface area (Å²) in [6, 6.07) is 19.0. The molecule has 0 amide bonds. The minimum atomic E-state index is 0.556. The number of aryl methyl sites for hydroxylation is 1. The Labute approximate surface area is 127 Å². The molecule has 0 saturated carbocycles. The second-order valence-electron chi connectivity index (χ2n) is 5.18. The number of rotatable bonds is 7. The highest BCUT2D eigenvalue weighted by molar-refractivity contribution is 6.30. The van der Waals surface area contributed by atoms with E-state index in [1.807, 2.05) is 19.2 Å². The van der Waals surface area contributed by atoms with E-state index in [-0.39, 0.29) is 0 Å². The number of hydrogen-bond acceptors (Lipinski definition) is 1. The van der Waals surface area contributed by atoms with Gasteiger partial charge in [0.15, 0.2) is 0 Å². The van der Waals surface area contributed by atoms with Crippen molar-refractivity contribution in [2.24, 2.45) is 0 Å². The lowest BCUT2D eigenvalue weighted by Crippen LogP contribution is -2.17. The van der Waals surface area contributed by atoms with Crippen LogP contribution in [0.2, 0.25) is 5.02 Å². The fourth-order valence-electron chi connectivity index (χ4n) is 2.57. The molecule has 0 aliphatic rings. The second-order valence-corrected chi connectivity index (χ2v) is 5.62. The Balaban J connectivity index is 1.90. The van der Waals surface area contributed by atoms with Gasteiger partial charge < -0.3 is 5.32 Å². The van der Waals surface area contributed by atoms with Crippen LogP contribution in [0.5, 0.6) is 0 Å². The first-order valence-corrected chi connectivity index (χ1v) is 7.61. The third kappa shape index (κ3) is 4.66. The van der Waals surface area contributed by atoms with Crippen LogP contribution < -0.4 is 5.32 Å². The van der Waals surface area contributed by atoms with Gasteiger partial charge in [-0.25, -0.2) is 0 Å². The zero-order valence-electron chi connectivity index (χ0n) is 12.0. The van der Waals surface area contributed by atoms with Crippen LogP contribution in [0, 0.1) is 0 Å². The van der Waals surface area contributed by atoms with Gasteiger partial charge in [0, 0.05) is 11.6 Å². The highest BCUT2D eigenvalue weighted by Gasteiger charge is 2.10. The summed E-state index contributed by atoms with van der Waals surface area (Å²) in [4.78, 5) is 0. The van der Waals surface area contributed by atoms with Crippen molar-refractivity contribution in [1.82, 2.24) is 5.32 Å². The smallest absolute Gasteiger partial charge is 0.0406 e. The molecule has 0 fully saturated rings. The molecular weight excluding hydrogens is 266 g/mol. The van der Waals surface area contributed by atoms with Crippen molar-refractivity contribution in [3.05, 3.63) is 70.7 Å².